The maximum atomic E-state index is 4.24. The molecule has 0 aliphatic carbocycles. The van der Waals surface area contributed by atoms with Crippen LogP contribution in [0.3, 0.4) is 0 Å². The highest BCUT2D eigenvalue weighted by Gasteiger charge is 2.08. The molecule has 15 heavy (non-hydrogen) atoms. The molecule has 0 fully saturated rings. The molecule has 4 nitrogen and oxygen atoms in total. The zero-order valence-corrected chi connectivity index (χ0v) is 11.0. The van der Waals surface area contributed by atoms with E-state index in [0.29, 0.717) is 5.92 Å². The van der Waals surface area contributed by atoms with Gasteiger partial charge in [0.2, 0.25) is 5.95 Å². The standard InChI is InChI=1S/C10H17BrN4/c1-8(4-12-2)7-15(3)10-13-5-9(11)6-14-10/h5-6,8,12H,4,7H2,1-3H3. The van der Waals surface area contributed by atoms with Crippen LogP contribution in [0.25, 0.3) is 0 Å². The lowest BCUT2D eigenvalue weighted by Crippen LogP contribution is -2.30. The van der Waals surface area contributed by atoms with Gasteiger partial charge < -0.3 is 10.2 Å². The fraction of sp³-hybridized carbons (Fsp3) is 0.600. The first-order valence-electron chi connectivity index (χ1n) is 4.96. The van der Waals surface area contributed by atoms with E-state index in [-0.39, 0.29) is 0 Å². The van der Waals surface area contributed by atoms with Crippen molar-refractivity contribution < 1.29 is 0 Å². The van der Waals surface area contributed by atoms with Crippen LogP contribution < -0.4 is 10.2 Å². The van der Waals surface area contributed by atoms with Gasteiger partial charge in [-0.25, -0.2) is 9.97 Å². The summed E-state index contributed by atoms with van der Waals surface area (Å²) in [5.74, 6) is 1.34. The monoisotopic (exact) mass is 272 g/mol. The van der Waals surface area contributed by atoms with E-state index in [0.717, 1.165) is 23.5 Å². The second kappa shape index (κ2) is 6.02. The van der Waals surface area contributed by atoms with Gasteiger partial charge in [0.1, 0.15) is 0 Å². The van der Waals surface area contributed by atoms with Gasteiger partial charge in [-0.15, -0.1) is 0 Å². The molecule has 1 N–H and O–H groups in total. The summed E-state index contributed by atoms with van der Waals surface area (Å²) in [6.45, 7) is 4.15. The number of hydrogen-bond acceptors (Lipinski definition) is 4. The van der Waals surface area contributed by atoms with Crippen molar-refractivity contribution in [1.29, 1.82) is 0 Å². The Morgan fingerprint density at radius 1 is 1.47 bits per heavy atom. The van der Waals surface area contributed by atoms with Crippen molar-refractivity contribution in [2.75, 3.05) is 32.1 Å². The van der Waals surface area contributed by atoms with Gasteiger partial charge in [-0.05, 0) is 35.4 Å². The van der Waals surface area contributed by atoms with Crippen LogP contribution in [-0.2, 0) is 0 Å². The maximum absolute atomic E-state index is 4.24. The van der Waals surface area contributed by atoms with Crippen molar-refractivity contribution in [1.82, 2.24) is 15.3 Å². The van der Waals surface area contributed by atoms with Crippen LogP contribution in [0.5, 0.6) is 0 Å². The van der Waals surface area contributed by atoms with Crippen molar-refractivity contribution in [2.24, 2.45) is 5.92 Å². The minimum absolute atomic E-state index is 0.576. The van der Waals surface area contributed by atoms with Gasteiger partial charge >= 0.3 is 0 Å². The average molecular weight is 273 g/mol. The molecule has 0 amide bonds. The zero-order chi connectivity index (χ0) is 11.3. The Labute approximate surface area is 99.2 Å². The van der Waals surface area contributed by atoms with E-state index < -0.39 is 0 Å². The van der Waals surface area contributed by atoms with Gasteiger partial charge in [0, 0.05) is 26.0 Å². The third-order valence-corrected chi connectivity index (χ3v) is 2.50. The molecule has 1 unspecified atom stereocenters. The van der Waals surface area contributed by atoms with Gasteiger partial charge in [0.05, 0.1) is 4.47 Å². The van der Waals surface area contributed by atoms with Crippen LogP contribution in [0.15, 0.2) is 16.9 Å². The molecule has 0 spiro atoms. The van der Waals surface area contributed by atoms with Crippen LogP contribution in [-0.4, -0.2) is 37.2 Å². The number of nitrogens with zero attached hydrogens (tertiary/aromatic N) is 3. The average Bonchev–Trinajstić information content (AvgIpc) is 2.18. The number of anilines is 1. The predicted molar refractivity (Wildman–Crippen MR) is 66.1 cm³/mol. The van der Waals surface area contributed by atoms with Gasteiger partial charge in [0.15, 0.2) is 0 Å². The largest absolute Gasteiger partial charge is 0.344 e. The minimum atomic E-state index is 0.576. The molecule has 0 saturated carbocycles. The Kier molecular flexibility index (Phi) is 4.98. The highest BCUT2D eigenvalue weighted by atomic mass is 79.9. The highest BCUT2D eigenvalue weighted by Crippen LogP contribution is 2.10. The Morgan fingerprint density at radius 2 is 2.07 bits per heavy atom. The van der Waals surface area contributed by atoms with Gasteiger partial charge in [-0.1, -0.05) is 6.92 Å². The Balaban J connectivity index is 2.53. The number of aromatic nitrogens is 2. The molecule has 0 bridgehead atoms. The molecule has 0 aliphatic rings. The van der Waals surface area contributed by atoms with Gasteiger partial charge in [-0.2, -0.15) is 0 Å². The molecule has 5 heteroatoms. The maximum Gasteiger partial charge on any atom is 0.225 e. The Hall–Kier alpha value is -0.680. The first-order chi connectivity index (χ1) is 7.13. The lowest BCUT2D eigenvalue weighted by molar-refractivity contribution is 0.538. The second-order valence-electron chi connectivity index (χ2n) is 3.74. The Morgan fingerprint density at radius 3 is 2.60 bits per heavy atom. The summed E-state index contributed by atoms with van der Waals surface area (Å²) >= 11 is 3.32. The number of halogens is 1. The second-order valence-corrected chi connectivity index (χ2v) is 4.66. The highest BCUT2D eigenvalue weighted by molar-refractivity contribution is 9.10. The van der Waals surface area contributed by atoms with Crippen LogP contribution in [0.1, 0.15) is 6.92 Å². The number of hydrogen-bond donors (Lipinski definition) is 1. The van der Waals surface area contributed by atoms with E-state index in [4.69, 9.17) is 0 Å². The van der Waals surface area contributed by atoms with Crippen LogP contribution in [0.4, 0.5) is 5.95 Å². The van der Waals surface area contributed by atoms with Crippen molar-refractivity contribution in [3.8, 4) is 0 Å². The van der Waals surface area contributed by atoms with Crippen LogP contribution in [0.2, 0.25) is 0 Å². The van der Waals surface area contributed by atoms with Gasteiger partial charge in [0.25, 0.3) is 0 Å². The van der Waals surface area contributed by atoms with Crippen LogP contribution in [0, 0.1) is 5.92 Å². The lowest BCUT2D eigenvalue weighted by atomic mass is 10.2. The fourth-order valence-electron chi connectivity index (χ4n) is 1.46. The molecule has 1 heterocycles. The first-order valence-corrected chi connectivity index (χ1v) is 5.76. The molecule has 1 rings (SSSR count). The predicted octanol–water partition coefficient (Wildman–Crippen LogP) is 1.53. The molecule has 0 radical (unpaired) electrons. The molecular weight excluding hydrogens is 256 g/mol. The zero-order valence-electron chi connectivity index (χ0n) is 9.37. The van der Waals surface area contributed by atoms with E-state index in [9.17, 15) is 0 Å². The Bertz CT molecular complexity index is 288. The van der Waals surface area contributed by atoms with E-state index >= 15 is 0 Å². The number of rotatable bonds is 5. The summed E-state index contributed by atoms with van der Waals surface area (Å²) in [5, 5.41) is 3.16. The normalized spacial score (nSPS) is 12.5. The smallest absolute Gasteiger partial charge is 0.225 e. The SMILES string of the molecule is CNCC(C)CN(C)c1ncc(Br)cn1. The summed E-state index contributed by atoms with van der Waals surface area (Å²) in [4.78, 5) is 10.5. The van der Waals surface area contributed by atoms with Crippen molar-refractivity contribution in [3.63, 3.8) is 0 Å². The molecule has 84 valence electrons. The van der Waals surface area contributed by atoms with E-state index in [1.165, 1.54) is 0 Å². The third kappa shape index (κ3) is 4.13. The quantitative estimate of drug-likeness (QED) is 0.883. The minimum Gasteiger partial charge on any atom is -0.344 e. The summed E-state index contributed by atoms with van der Waals surface area (Å²) in [6, 6.07) is 0. The van der Waals surface area contributed by atoms with E-state index in [1.807, 2.05) is 14.1 Å². The molecule has 0 aromatic carbocycles. The molecule has 1 atom stereocenters. The van der Waals surface area contributed by atoms with E-state index in [2.05, 4.69) is 43.0 Å². The molecule has 1 aromatic rings. The molecule has 1 aromatic heterocycles. The lowest BCUT2D eigenvalue weighted by Gasteiger charge is -2.21. The molecule has 0 aliphatic heterocycles. The van der Waals surface area contributed by atoms with Crippen molar-refractivity contribution >= 4 is 21.9 Å². The summed E-state index contributed by atoms with van der Waals surface area (Å²) < 4.78 is 0.905. The first kappa shape index (κ1) is 12.4. The van der Waals surface area contributed by atoms with Gasteiger partial charge in [-0.3, -0.25) is 0 Å². The third-order valence-electron chi connectivity index (χ3n) is 2.09. The summed E-state index contributed by atoms with van der Waals surface area (Å²) in [6.07, 6.45) is 3.53. The number of nitrogens with one attached hydrogen (secondary N) is 1. The summed E-state index contributed by atoms with van der Waals surface area (Å²) in [5.41, 5.74) is 0. The van der Waals surface area contributed by atoms with E-state index in [1.54, 1.807) is 12.4 Å². The van der Waals surface area contributed by atoms with Crippen molar-refractivity contribution in [3.05, 3.63) is 16.9 Å². The van der Waals surface area contributed by atoms with Crippen LogP contribution >= 0.6 is 15.9 Å². The van der Waals surface area contributed by atoms with Crippen molar-refractivity contribution in [2.45, 2.75) is 6.92 Å². The molecule has 0 saturated heterocycles. The summed E-state index contributed by atoms with van der Waals surface area (Å²) in [7, 11) is 3.97. The topological polar surface area (TPSA) is 41.0 Å². The molecular formula is C10H17BrN4. The fourth-order valence-corrected chi connectivity index (χ4v) is 1.67.